The Hall–Kier alpha value is 1.11. The van der Waals surface area contributed by atoms with Gasteiger partial charge in [-0.15, -0.1) is 0 Å². The van der Waals surface area contributed by atoms with Gasteiger partial charge in [-0.25, -0.2) is 0 Å². The van der Waals surface area contributed by atoms with Gasteiger partial charge < -0.3 is 12.4 Å². The Morgan fingerprint density at radius 3 is 1.17 bits per heavy atom. The van der Waals surface area contributed by atoms with Crippen LogP contribution in [0.5, 0.6) is 0 Å². The molecule has 0 spiro atoms. The SMILES string of the molecule is Clc1ccc([S+](c2ccc(Cl)cc2)C(Cl)(Cl)C(Cl)(Cl)Cl)cc1.[Cl-]. The fourth-order valence-corrected chi connectivity index (χ4v) is 5.62. The van der Waals surface area contributed by atoms with Crippen LogP contribution in [0.4, 0.5) is 0 Å². The summed E-state index contributed by atoms with van der Waals surface area (Å²) in [5.41, 5.74) is 0. The van der Waals surface area contributed by atoms with Gasteiger partial charge in [0.25, 0.3) is 3.79 Å². The molecule has 0 saturated heterocycles. The lowest BCUT2D eigenvalue weighted by Gasteiger charge is -2.26. The predicted octanol–water partition coefficient (Wildman–Crippen LogP) is 4.54. The second kappa shape index (κ2) is 8.66. The quantitative estimate of drug-likeness (QED) is 0.437. The summed E-state index contributed by atoms with van der Waals surface area (Å²) in [5, 5.41) is 1.18. The van der Waals surface area contributed by atoms with Crippen molar-refractivity contribution in [1.29, 1.82) is 0 Å². The first-order chi connectivity index (χ1) is 10.1. The van der Waals surface area contributed by atoms with Crippen molar-refractivity contribution in [1.82, 2.24) is 0 Å². The summed E-state index contributed by atoms with van der Waals surface area (Å²) in [6, 6.07) is 14.1. The molecule has 0 radical (unpaired) electrons. The number of benzene rings is 2. The van der Waals surface area contributed by atoms with E-state index in [2.05, 4.69) is 0 Å². The second-order valence-electron chi connectivity index (χ2n) is 4.23. The lowest BCUT2D eigenvalue weighted by Crippen LogP contribution is -3.00. The molecular formula is C14H8Cl8S. The molecule has 0 aliphatic rings. The Bertz CT molecular complexity index is 588. The van der Waals surface area contributed by atoms with Crippen LogP contribution < -0.4 is 12.4 Å². The molecule has 126 valence electrons. The summed E-state index contributed by atoms with van der Waals surface area (Å²) in [7, 11) is -0.930. The van der Waals surface area contributed by atoms with Gasteiger partial charge in [0.1, 0.15) is 10.9 Å². The maximum atomic E-state index is 6.44. The molecule has 23 heavy (non-hydrogen) atoms. The van der Waals surface area contributed by atoms with Crippen molar-refractivity contribution in [2.24, 2.45) is 0 Å². The van der Waals surface area contributed by atoms with E-state index in [9.17, 15) is 0 Å². The van der Waals surface area contributed by atoms with E-state index in [4.69, 9.17) is 81.2 Å². The molecule has 0 nitrogen and oxygen atoms in total. The van der Waals surface area contributed by atoms with Crippen molar-refractivity contribution in [3.05, 3.63) is 58.6 Å². The van der Waals surface area contributed by atoms with Gasteiger partial charge in [-0.05, 0) is 71.7 Å². The number of halogens is 8. The summed E-state index contributed by atoms with van der Waals surface area (Å²) in [5.74, 6) is 0. The molecule has 0 bridgehead atoms. The van der Waals surface area contributed by atoms with E-state index in [1.165, 1.54) is 0 Å². The predicted molar refractivity (Wildman–Crippen MR) is 102 cm³/mol. The Kier molecular flexibility index (Phi) is 8.34. The third kappa shape index (κ3) is 5.29. The minimum absolute atomic E-state index is 0. The highest BCUT2D eigenvalue weighted by atomic mass is 35.6. The van der Waals surface area contributed by atoms with Crippen LogP contribution in [0.2, 0.25) is 10.0 Å². The largest absolute Gasteiger partial charge is 1.00 e. The van der Waals surface area contributed by atoms with Crippen LogP contribution in [0.1, 0.15) is 0 Å². The zero-order valence-electron chi connectivity index (χ0n) is 11.1. The van der Waals surface area contributed by atoms with Crippen molar-refractivity contribution in [3.63, 3.8) is 0 Å². The Balaban J connectivity index is 0.00000264. The van der Waals surface area contributed by atoms with Gasteiger partial charge in [-0.2, -0.15) is 0 Å². The van der Waals surface area contributed by atoms with Crippen molar-refractivity contribution in [2.75, 3.05) is 0 Å². The van der Waals surface area contributed by atoms with Crippen LogP contribution in [0.15, 0.2) is 58.3 Å². The van der Waals surface area contributed by atoms with Gasteiger partial charge in [0, 0.05) is 10.0 Å². The highest BCUT2D eigenvalue weighted by Gasteiger charge is 2.62. The molecule has 0 atom stereocenters. The number of hydrogen-bond donors (Lipinski definition) is 0. The molecule has 0 saturated carbocycles. The Morgan fingerprint density at radius 1 is 0.609 bits per heavy atom. The van der Waals surface area contributed by atoms with E-state index in [0.717, 1.165) is 9.79 Å². The third-order valence-corrected chi connectivity index (χ3v) is 8.75. The molecule has 0 aromatic heterocycles. The fraction of sp³-hybridized carbons (Fsp3) is 0.143. The summed E-state index contributed by atoms with van der Waals surface area (Å²) in [6.45, 7) is 0. The first kappa shape index (κ1) is 22.2. The van der Waals surface area contributed by atoms with Crippen LogP contribution in [-0.4, -0.2) is 7.46 Å². The Morgan fingerprint density at radius 2 is 0.913 bits per heavy atom. The Labute approximate surface area is 179 Å². The maximum Gasteiger partial charge on any atom is 0.333 e. The number of alkyl halides is 5. The first-order valence-electron chi connectivity index (χ1n) is 5.83. The molecule has 0 heterocycles. The highest BCUT2D eigenvalue weighted by Crippen LogP contribution is 2.54. The third-order valence-electron chi connectivity index (χ3n) is 2.69. The lowest BCUT2D eigenvalue weighted by molar-refractivity contribution is -0.00000376. The summed E-state index contributed by atoms with van der Waals surface area (Å²) in [4.78, 5) is 1.59. The average molecular weight is 492 g/mol. The van der Waals surface area contributed by atoms with Gasteiger partial charge in [0.15, 0.2) is 9.79 Å². The van der Waals surface area contributed by atoms with Gasteiger partial charge >= 0.3 is 3.67 Å². The van der Waals surface area contributed by atoms with Gasteiger partial charge in [0.2, 0.25) is 0 Å². The molecule has 0 aliphatic carbocycles. The molecule has 0 aliphatic heterocycles. The molecule has 0 amide bonds. The molecule has 0 unspecified atom stereocenters. The van der Waals surface area contributed by atoms with Crippen LogP contribution in [-0.2, 0) is 10.9 Å². The molecule has 0 N–H and O–H groups in total. The van der Waals surface area contributed by atoms with Crippen LogP contribution in [0.3, 0.4) is 0 Å². The number of rotatable bonds is 3. The van der Waals surface area contributed by atoms with E-state index < -0.39 is 18.4 Å². The first-order valence-corrected chi connectivity index (χ1v) is 9.70. The molecule has 2 aromatic rings. The van der Waals surface area contributed by atoms with Gasteiger partial charge in [-0.3, -0.25) is 0 Å². The summed E-state index contributed by atoms with van der Waals surface area (Å²) in [6.07, 6.45) is 0. The van der Waals surface area contributed by atoms with Crippen molar-refractivity contribution in [2.45, 2.75) is 17.2 Å². The lowest BCUT2D eigenvalue weighted by atomic mass is 10.4. The molecule has 2 rings (SSSR count). The average Bonchev–Trinajstić information content (AvgIpc) is 2.42. The second-order valence-corrected chi connectivity index (χ2v) is 11.3. The fourth-order valence-electron chi connectivity index (χ4n) is 1.69. The van der Waals surface area contributed by atoms with E-state index in [0.29, 0.717) is 10.0 Å². The van der Waals surface area contributed by atoms with Crippen molar-refractivity contribution >= 4 is 92.1 Å². The van der Waals surface area contributed by atoms with Gasteiger partial charge in [-0.1, -0.05) is 58.0 Å². The summed E-state index contributed by atoms with van der Waals surface area (Å²) >= 11 is 42.8. The van der Waals surface area contributed by atoms with Gasteiger partial charge in [0.05, 0.1) is 0 Å². The van der Waals surface area contributed by atoms with Crippen molar-refractivity contribution < 1.29 is 12.4 Å². The topological polar surface area (TPSA) is 0 Å². The monoisotopic (exact) mass is 488 g/mol. The van der Waals surface area contributed by atoms with E-state index in [1.807, 2.05) is 0 Å². The molecule has 0 fully saturated rings. The normalized spacial score (nSPS) is 12.2. The van der Waals surface area contributed by atoms with Crippen LogP contribution in [0.25, 0.3) is 0 Å². The van der Waals surface area contributed by atoms with Crippen LogP contribution in [0, 0.1) is 0 Å². The number of hydrogen-bond acceptors (Lipinski definition) is 0. The van der Waals surface area contributed by atoms with Crippen molar-refractivity contribution in [3.8, 4) is 0 Å². The van der Waals surface area contributed by atoms with E-state index in [1.54, 1.807) is 48.5 Å². The zero-order chi connectivity index (χ0) is 16.5. The zero-order valence-corrected chi connectivity index (χ0v) is 17.9. The van der Waals surface area contributed by atoms with E-state index in [-0.39, 0.29) is 12.4 Å². The summed E-state index contributed by atoms with van der Waals surface area (Å²) < 4.78 is -3.56. The minimum atomic E-state index is -1.89. The minimum Gasteiger partial charge on any atom is -1.00 e. The smallest absolute Gasteiger partial charge is 0.333 e. The standard InChI is InChI=1S/C14H8Cl7S.ClH/c15-9-1-5-11(6-2-9)22(14(20,21)13(17,18)19)12-7-3-10(16)4-8-12;/h1-8H;1H/q+1;/p-1. The van der Waals surface area contributed by atoms with Crippen LogP contribution >= 0.6 is 81.2 Å². The highest BCUT2D eigenvalue weighted by molar-refractivity contribution is 8.01. The van der Waals surface area contributed by atoms with E-state index >= 15 is 0 Å². The molecule has 9 heteroatoms. The maximum absolute atomic E-state index is 6.44. The molecule has 2 aromatic carbocycles. The molecular weight excluding hydrogens is 484 g/mol.